The van der Waals surface area contributed by atoms with Crippen LogP contribution in [0.4, 0.5) is 5.82 Å². The van der Waals surface area contributed by atoms with E-state index in [0.29, 0.717) is 23.5 Å². The number of aromatic nitrogens is 2. The molecule has 2 heterocycles. The Kier molecular flexibility index (Phi) is 4.92. The summed E-state index contributed by atoms with van der Waals surface area (Å²) < 4.78 is 5.24. The number of nitriles is 1. The molecule has 124 valence electrons. The first kappa shape index (κ1) is 16.2. The Morgan fingerprint density at radius 1 is 1.29 bits per heavy atom. The van der Waals surface area contributed by atoms with E-state index in [9.17, 15) is 0 Å². The number of benzene rings is 1. The Bertz CT molecular complexity index is 725. The molecule has 1 aromatic heterocycles. The number of hydrogen-bond donors (Lipinski definition) is 1. The van der Waals surface area contributed by atoms with Crippen LogP contribution in [0.1, 0.15) is 23.7 Å². The molecule has 0 aliphatic carbocycles. The zero-order valence-corrected chi connectivity index (χ0v) is 13.9. The van der Waals surface area contributed by atoms with Crippen LogP contribution in [-0.4, -0.2) is 42.1 Å². The van der Waals surface area contributed by atoms with Gasteiger partial charge in [0.05, 0.1) is 7.11 Å². The van der Waals surface area contributed by atoms with Crippen LogP contribution in [0.5, 0.6) is 5.75 Å². The molecule has 0 saturated carbocycles. The molecule has 1 saturated heterocycles. The smallest absolute Gasteiger partial charge is 0.182 e. The maximum Gasteiger partial charge on any atom is 0.182 e. The second-order valence-corrected chi connectivity index (χ2v) is 5.99. The minimum atomic E-state index is 0.338. The van der Waals surface area contributed by atoms with E-state index < -0.39 is 0 Å². The van der Waals surface area contributed by atoms with Crippen LogP contribution in [0.2, 0.25) is 0 Å². The standard InChI is InChI=1S/C18H21N5O/c1-23-10-7-14(12-22-18-16(11-19)20-8-9-21-18)17(23)13-3-5-15(24-2)6-4-13/h3-6,8-9,14,17H,7,10,12H2,1-2H3,(H,21,22). The highest BCUT2D eigenvalue weighted by Crippen LogP contribution is 2.36. The molecule has 24 heavy (non-hydrogen) atoms. The van der Waals surface area contributed by atoms with Crippen molar-refractivity contribution in [3.63, 3.8) is 0 Å². The van der Waals surface area contributed by atoms with Crippen LogP contribution < -0.4 is 10.1 Å². The molecule has 1 aromatic carbocycles. The van der Waals surface area contributed by atoms with Gasteiger partial charge < -0.3 is 10.1 Å². The van der Waals surface area contributed by atoms with E-state index in [1.54, 1.807) is 13.3 Å². The summed E-state index contributed by atoms with van der Waals surface area (Å²) >= 11 is 0. The highest BCUT2D eigenvalue weighted by molar-refractivity contribution is 5.46. The van der Waals surface area contributed by atoms with Crippen LogP contribution in [0.25, 0.3) is 0 Å². The van der Waals surface area contributed by atoms with Crippen molar-refractivity contribution in [3.05, 3.63) is 47.9 Å². The van der Waals surface area contributed by atoms with Gasteiger partial charge in [0.15, 0.2) is 11.5 Å². The van der Waals surface area contributed by atoms with Gasteiger partial charge in [-0.2, -0.15) is 5.26 Å². The lowest BCUT2D eigenvalue weighted by atomic mass is 9.93. The normalized spacial score (nSPS) is 20.5. The van der Waals surface area contributed by atoms with Crippen molar-refractivity contribution in [2.24, 2.45) is 5.92 Å². The molecule has 1 N–H and O–H groups in total. The van der Waals surface area contributed by atoms with Gasteiger partial charge in [0, 0.05) is 25.0 Å². The fourth-order valence-corrected chi connectivity index (χ4v) is 3.34. The largest absolute Gasteiger partial charge is 0.497 e. The van der Waals surface area contributed by atoms with Gasteiger partial charge in [-0.3, -0.25) is 4.90 Å². The second kappa shape index (κ2) is 7.28. The molecule has 2 atom stereocenters. The summed E-state index contributed by atoms with van der Waals surface area (Å²) in [7, 11) is 3.83. The zero-order valence-electron chi connectivity index (χ0n) is 13.9. The first-order valence-corrected chi connectivity index (χ1v) is 8.02. The van der Waals surface area contributed by atoms with E-state index in [4.69, 9.17) is 10.00 Å². The Morgan fingerprint density at radius 3 is 2.75 bits per heavy atom. The number of nitrogens with one attached hydrogen (secondary N) is 1. The topological polar surface area (TPSA) is 74.1 Å². The first-order chi connectivity index (χ1) is 11.7. The van der Waals surface area contributed by atoms with E-state index in [0.717, 1.165) is 25.3 Å². The maximum absolute atomic E-state index is 9.12. The molecule has 2 unspecified atom stereocenters. The van der Waals surface area contributed by atoms with Crippen molar-refractivity contribution in [2.45, 2.75) is 12.5 Å². The summed E-state index contributed by atoms with van der Waals surface area (Å²) in [5.41, 5.74) is 1.62. The number of anilines is 1. The van der Waals surface area contributed by atoms with Gasteiger partial charge in [-0.1, -0.05) is 12.1 Å². The molecule has 6 heteroatoms. The molecule has 0 radical (unpaired) electrons. The lowest BCUT2D eigenvalue weighted by Crippen LogP contribution is -2.25. The minimum Gasteiger partial charge on any atom is -0.497 e. The summed E-state index contributed by atoms with van der Waals surface area (Å²) in [6, 6.07) is 10.7. The van der Waals surface area contributed by atoms with Crippen molar-refractivity contribution in [1.82, 2.24) is 14.9 Å². The molecular weight excluding hydrogens is 302 g/mol. The van der Waals surface area contributed by atoms with E-state index in [1.165, 1.54) is 11.8 Å². The van der Waals surface area contributed by atoms with Gasteiger partial charge in [0.1, 0.15) is 11.8 Å². The predicted octanol–water partition coefficient (Wildman–Crippen LogP) is 2.46. The van der Waals surface area contributed by atoms with Crippen LogP contribution in [-0.2, 0) is 0 Å². The van der Waals surface area contributed by atoms with E-state index in [1.807, 2.05) is 12.1 Å². The van der Waals surface area contributed by atoms with E-state index in [2.05, 4.69) is 45.4 Å². The fraction of sp³-hybridized carbons (Fsp3) is 0.389. The third kappa shape index (κ3) is 3.31. The van der Waals surface area contributed by atoms with Crippen LogP contribution in [0.15, 0.2) is 36.7 Å². The molecular formula is C18H21N5O. The van der Waals surface area contributed by atoms with Crippen LogP contribution in [0.3, 0.4) is 0 Å². The molecule has 0 spiro atoms. The molecule has 3 rings (SSSR count). The van der Waals surface area contributed by atoms with Gasteiger partial charge in [0.2, 0.25) is 0 Å². The third-order valence-electron chi connectivity index (χ3n) is 4.57. The monoisotopic (exact) mass is 323 g/mol. The summed E-state index contributed by atoms with van der Waals surface area (Å²) in [6.45, 7) is 1.81. The van der Waals surface area contributed by atoms with Crippen molar-refractivity contribution in [2.75, 3.05) is 32.6 Å². The molecule has 2 aromatic rings. The summed E-state index contributed by atoms with van der Waals surface area (Å²) in [5, 5.41) is 12.4. The summed E-state index contributed by atoms with van der Waals surface area (Å²) in [5.74, 6) is 1.87. The van der Waals surface area contributed by atoms with Crippen LogP contribution >= 0.6 is 0 Å². The lowest BCUT2D eigenvalue weighted by molar-refractivity contribution is 0.281. The summed E-state index contributed by atoms with van der Waals surface area (Å²) in [6.07, 6.45) is 4.24. The molecule has 0 amide bonds. The fourth-order valence-electron chi connectivity index (χ4n) is 3.34. The number of hydrogen-bond acceptors (Lipinski definition) is 6. The minimum absolute atomic E-state index is 0.338. The first-order valence-electron chi connectivity index (χ1n) is 8.02. The number of nitrogens with zero attached hydrogens (tertiary/aromatic N) is 4. The number of rotatable bonds is 5. The van der Waals surface area contributed by atoms with E-state index >= 15 is 0 Å². The SMILES string of the molecule is COc1ccc(C2C(CNc3nccnc3C#N)CCN2C)cc1. The number of ether oxygens (including phenoxy) is 1. The molecule has 1 aliphatic rings. The van der Waals surface area contributed by atoms with Gasteiger partial charge in [0.25, 0.3) is 0 Å². The Labute approximate surface area is 142 Å². The lowest BCUT2D eigenvalue weighted by Gasteiger charge is -2.26. The average molecular weight is 323 g/mol. The van der Waals surface area contributed by atoms with Gasteiger partial charge in [-0.25, -0.2) is 9.97 Å². The van der Waals surface area contributed by atoms with Gasteiger partial charge in [-0.05, 0) is 43.6 Å². The molecule has 6 nitrogen and oxygen atoms in total. The third-order valence-corrected chi connectivity index (χ3v) is 4.57. The molecule has 0 bridgehead atoms. The summed E-state index contributed by atoms with van der Waals surface area (Å²) in [4.78, 5) is 10.6. The molecule has 1 fully saturated rings. The van der Waals surface area contributed by atoms with Crippen LogP contribution in [0, 0.1) is 17.2 Å². The van der Waals surface area contributed by atoms with Gasteiger partial charge >= 0.3 is 0 Å². The van der Waals surface area contributed by atoms with E-state index in [-0.39, 0.29) is 0 Å². The maximum atomic E-state index is 9.12. The zero-order chi connectivity index (χ0) is 16.9. The molecule has 1 aliphatic heterocycles. The second-order valence-electron chi connectivity index (χ2n) is 5.99. The van der Waals surface area contributed by atoms with Crippen molar-refractivity contribution < 1.29 is 4.74 Å². The average Bonchev–Trinajstić information content (AvgIpc) is 3.00. The predicted molar refractivity (Wildman–Crippen MR) is 91.7 cm³/mol. The highest BCUT2D eigenvalue weighted by atomic mass is 16.5. The van der Waals surface area contributed by atoms with Crippen molar-refractivity contribution in [3.8, 4) is 11.8 Å². The Hall–Kier alpha value is -2.65. The van der Waals surface area contributed by atoms with Crippen molar-refractivity contribution in [1.29, 1.82) is 5.26 Å². The number of likely N-dealkylation sites (tertiary alicyclic amines) is 1. The quantitative estimate of drug-likeness (QED) is 0.911. The number of methoxy groups -OCH3 is 1. The van der Waals surface area contributed by atoms with Crippen molar-refractivity contribution >= 4 is 5.82 Å². The highest BCUT2D eigenvalue weighted by Gasteiger charge is 2.32. The Balaban J connectivity index is 1.73. The van der Waals surface area contributed by atoms with Gasteiger partial charge in [-0.15, -0.1) is 0 Å². The Morgan fingerprint density at radius 2 is 2.04 bits per heavy atom.